The molecule has 0 bridgehead atoms. The number of halogens is 3. The molecule has 0 amide bonds. The Labute approximate surface area is 201 Å². The predicted molar refractivity (Wildman–Crippen MR) is 127 cm³/mol. The van der Waals surface area contributed by atoms with Gasteiger partial charge in [0.1, 0.15) is 5.69 Å². The third-order valence-electron chi connectivity index (χ3n) is 6.71. The molecule has 2 aliphatic rings. The highest BCUT2D eigenvalue weighted by molar-refractivity contribution is 7.99. The Kier molecular flexibility index (Phi) is 6.52. The van der Waals surface area contributed by atoms with Gasteiger partial charge in [-0.05, 0) is 55.6 Å². The standard InChI is InChI=1S/C24H27F3N6S/c1-31-22(20-8-2-3-10-28-20)29-30-23(31)34-13-5-11-32-15-17-9-12-33(21(17)16-32)19-7-4-6-18(14-19)24(25,26)27/h2-4,6-8,10,14,17,21H,5,9,11-13,15-16H2,1H3. The smallest absolute Gasteiger partial charge is 0.367 e. The summed E-state index contributed by atoms with van der Waals surface area (Å²) in [7, 11) is 1.95. The average molecular weight is 489 g/mol. The van der Waals surface area contributed by atoms with Crippen molar-refractivity contribution >= 4 is 17.4 Å². The minimum absolute atomic E-state index is 0.288. The van der Waals surface area contributed by atoms with Gasteiger partial charge in [0, 0.05) is 50.4 Å². The predicted octanol–water partition coefficient (Wildman–Crippen LogP) is 4.59. The fourth-order valence-corrected chi connectivity index (χ4v) is 5.86. The maximum Gasteiger partial charge on any atom is 0.416 e. The Morgan fingerprint density at radius 2 is 1.97 bits per heavy atom. The molecule has 2 aromatic heterocycles. The number of hydrogen-bond acceptors (Lipinski definition) is 6. The van der Waals surface area contributed by atoms with Crippen molar-refractivity contribution in [1.29, 1.82) is 0 Å². The third kappa shape index (κ3) is 4.79. The second kappa shape index (κ2) is 9.58. The van der Waals surface area contributed by atoms with Crippen molar-refractivity contribution in [2.24, 2.45) is 13.0 Å². The molecule has 2 aliphatic heterocycles. The Hall–Kier alpha value is -2.59. The van der Waals surface area contributed by atoms with E-state index in [2.05, 4.69) is 25.0 Å². The van der Waals surface area contributed by atoms with Gasteiger partial charge >= 0.3 is 6.18 Å². The molecule has 5 rings (SSSR count). The molecule has 34 heavy (non-hydrogen) atoms. The van der Waals surface area contributed by atoms with Crippen LogP contribution in [-0.4, -0.2) is 62.6 Å². The van der Waals surface area contributed by atoms with E-state index in [1.807, 2.05) is 29.8 Å². The van der Waals surface area contributed by atoms with Gasteiger partial charge in [0.15, 0.2) is 11.0 Å². The highest BCUT2D eigenvalue weighted by Gasteiger charge is 2.41. The molecule has 10 heteroatoms. The summed E-state index contributed by atoms with van der Waals surface area (Å²) in [5, 5.41) is 9.46. The second-order valence-electron chi connectivity index (χ2n) is 8.90. The van der Waals surface area contributed by atoms with Gasteiger partial charge in [-0.1, -0.05) is 23.9 Å². The number of aromatic nitrogens is 4. The summed E-state index contributed by atoms with van der Waals surface area (Å²) in [6.45, 7) is 3.71. The van der Waals surface area contributed by atoms with Crippen LogP contribution in [0, 0.1) is 5.92 Å². The number of anilines is 1. The molecule has 0 radical (unpaired) electrons. The van der Waals surface area contributed by atoms with Gasteiger partial charge in [-0.25, -0.2) is 0 Å². The molecule has 2 fully saturated rings. The number of benzene rings is 1. The fraction of sp³-hybridized carbons (Fsp3) is 0.458. The van der Waals surface area contributed by atoms with Crippen LogP contribution in [0.15, 0.2) is 53.8 Å². The Bertz CT molecular complexity index is 1120. The van der Waals surface area contributed by atoms with Gasteiger partial charge in [-0.15, -0.1) is 10.2 Å². The molecule has 1 aromatic carbocycles. The van der Waals surface area contributed by atoms with Crippen LogP contribution < -0.4 is 4.90 Å². The van der Waals surface area contributed by atoms with Crippen LogP contribution in [0.3, 0.4) is 0 Å². The van der Waals surface area contributed by atoms with Gasteiger partial charge in [-0.2, -0.15) is 13.2 Å². The molecule has 2 atom stereocenters. The lowest BCUT2D eigenvalue weighted by Gasteiger charge is -2.27. The molecule has 180 valence electrons. The molecular formula is C24H27F3N6S. The lowest BCUT2D eigenvalue weighted by atomic mass is 10.0. The number of thioether (sulfide) groups is 1. The van der Waals surface area contributed by atoms with Crippen molar-refractivity contribution in [1.82, 2.24) is 24.6 Å². The Morgan fingerprint density at radius 1 is 1.09 bits per heavy atom. The molecule has 0 spiro atoms. The first kappa shape index (κ1) is 23.2. The zero-order valence-corrected chi connectivity index (χ0v) is 19.8. The molecule has 2 unspecified atom stereocenters. The number of pyridine rings is 1. The summed E-state index contributed by atoms with van der Waals surface area (Å²) in [5.74, 6) is 2.20. The number of fused-ring (bicyclic) bond motifs is 1. The maximum atomic E-state index is 13.2. The molecule has 0 N–H and O–H groups in total. The quantitative estimate of drug-likeness (QED) is 0.358. The summed E-state index contributed by atoms with van der Waals surface area (Å²) in [6, 6.07) is 11.8. The van der Waals surface area contributed by atoms with Crippen molar-refractivity contribution in [2.45, 2.75) is 30.2 Å². The Morgan fingerprint density at radius 3 is 2.76 bits per heavy atom. The van der Waals surface area contributed by atoms with E-state index in [4.69, 9.17) is 0 Å². The van der Waals surface area contributed by atoms with Crippen LogP contribution in [0.25, 0.3) is 11.5 Å². The topological polar surface area (TPSA) is 50.1 Å². The average Bonchev–Trinajstić information content (AvgIpc) is 3.51. The van der Waals surface area contributed by atoms with Crippen LogP contribution in [0.1, 0.15) is 18.4 Å². The largest absolute Gasteiger partial charge is 0.416 e. The van der Waals surface area contributed by atoms with Crippen molar-refractivity contribution in [3.63, 3.8) is 0 Å². The van der Waals surface area contributed by atoms with E-state index in [1.54, 1.807) is 24.0 Å². The van der Waals surface area contributed by atoms with E-state index in [0.717, 1.165) is 67.5 Å². The van der Waals surface area contributed by atoms with Gasteiger partial charge in [0.25, 0.3) is 0 Å². The summed E-state index contributed by atoms with van der Waals surface area (Å²) in [4.78, 5) is 8.97. The van der Waals surface area contributed by atoms with Crippen molar-refractivity contribution in [3.8, 4) is 11.5 Å². The van der Waals surface area contributed by atoms with Gasteiger partial charge in [0.2, 0.25) is 0 Å². The second-order valence-corrected chi connectivity index (χ2v) is 9.96. The minimum atomic E-state index is -4.31. The van der Waals surface area contributed by atoms with Crippen LogP contribution in [0.5, 0.6) is 0 Å². The van der Waals surface area contributed by atoms with E-state index in [1.165, 1.54) is 12.1 Å². The molecule has 2 saturated heterocycles. The Balaban J connectivity index is 1.13. The summed E-state index contributed by atoms with van der Waals surface area (Å²) < 4.78 is 41.4. The van der Waals surface area contributed by atoms with Crippen molar-refractivity contribution in [3.05, 3.63) is 54.2 Å². The van der Waals surface area contributed by atoms with E-state index >= 15 is 0 Å². The molecule has 0 saturated carbocycles. The monoisotopic (exact) mass is 488 g/mol. The number of nitrogens with zero attached hydrogens (tertiary/aromatic N) is 6. The van der Waals surface area contributed by atoms with Crippen LogP contribution >= 0.6 is 11.8 Å². The first-order valence-corrected chi connectivity index (χ1v) is 12.5. The molecule has 3 aromatic rings. The first-order chi connectivity index (χ1) is 16.4. The SMILES string of the molecule is Cn1c(SCCCN2CC3CCN(c4cccc(C(F)(F)F)c4)C3C2)nnc1-c1ccccn1. The molecule has 4 heterocycles. The van der Waals surface area contributed by atoms with E-state index in [0.29, 0.717) is 11.6 Å². The maximum absolute atomic E-state index is 13.2. The van der Waals surface area contributed by atoms with E-state index in [-0.39, 0.29) is 6.04 Å². The summed E-state index contributed by atoms with van der Waals surface area (Å²) in [6.07, 6.45) is -0.521. The third-order valence-corrected chi connectivity index (χ3v) is 7.81. The summed E-state index contributed by atoms with van der Waals surface area (Å²) in [5.41, 5.74) is 0.916. The fourth-order valence-electron chi connectivity index (χ4n) is 5.02. The van der Waals surface area contributed by atoms with Crippen LogP contribution in [0.4, 0.5) is 18.9 Å². The van der Waals surface area contributed by atoms with Gasteiger partial charge in [0.05, 0.1) is 5.56 Å². The molecular weight excluding hydrogens is 461 g/mol. The number of likely N-dealkylation sites (tertiary alicyclic amines) is 1. The van der Waals surface area contributed by atoms with Gasteiger partial charge < -0.3 is 14.4 Å². The number of hydrogen-bond donors (Lipinski definition) is 0. The van der Waals surface area contributed by atoms with Crippen LogP contribution in [0.2, 0.25) is 0 Å². The van der Waals surface area contributed by atoms with Gasteiger partial charge in [-0.3, -0.25) is 4.98 Å². The van der Waals surface area contributed by atoms with Crippen molar-refractivity contribution < 1.29 is 13.2 Å². The lowest BCUT2D eigenvalue weighted by Crippen LogP contribution is -2.35. The highest BCUT2D eigenvalue weighted by atomic mass is 32.2. The van der Waals surface area contributed by atoms with E-state index < -0.39 is 11.7 Å². The zero-order chi connectivity index (χ0) is 23.7. The molecule has 6 nitrogen and oxygen atoms in total. The normalized spacial score (nSPS) is 20.8. The van der Waals surface area contributed by atoms with Crippen molar-refractivity contribution in [2.75, 3.05) is 36.8 Å². The number of alkyl halides is 3. The van der Waals surface area contributed by atoms with E-state index in [9.17, 15) is 13.2 Å². The highest BCUT2D eigenvalue weighted by Crippen LogP contribution is 2.38. The zero-order valence-electron chi connectivity index (χ0n) is 18.9. The molecule has 0 aliphatic carbocycles. The first-order valence-electron chi connectivity index (χ1n) is 11.5. The van der Waals surface area contributed by atoms with Crippen LogP contribution in [-0.2, 0) is 13.2 Å². The summed E-state index contributed by atoms with van der Waals surface area (Å²) >= 11 is 1.69. The lowest BCUT2D eigenvalue weighted by molar-refractivity contribution is -0.137. The minimum Gasteiger partial charge on any atom is -0.367 e. The number of rotatable bonds is 7.